The molecule has 3 unspecified atom stereocenters. The van der Waals surface area contributed by atoms with E-state index in [0.29, 0.717) is 5.41 Å². The third-order valence-corrected chi connectivity index (χ3v) is 5.87. The van der Waals surface area contributed by atoms with Crippen LogP contribution in [0.2, 0.25) is 0 Å². The van der Waals surface area contributed by atoms with Gasteiger partial charge < -0.3 is 5.11 Å². The SMILES string of the molecule is CC(C)(C)CC1(O)CC2CCC1(C)C2(C)C. The van der Waals surface area contributed by atoms with Crippen LogP contribution in [0.5, 0.6) is 0 Å². The molecule has 2 saturated carbocycles. The van der Waals surface area contributed by atoms with Crippen molar-refractivity contribution in [2.75, 3.05) is 0 Å². The lowest BCUT2D eigenvalue weighted by molar-refractivity contribution is -0.111. The second kappa shape index (κ2) is 3.04. The Hall–Kier alpha value is -0.0400. The van der Waals surface area contributed by atoms with Gasteiger partial charge in [-0.2, -0.15) is 0 Å². The van der Waals surface area contributed by atoms with Crippen LogP contribution in [0.3, 0.4) is 0 Å². The van der Waals surface area contributed by atoms with Crippen LogP contribution in [0.15, 0.2) is 0 Å². The first-order valence-corrected chi connectivity index (χ1v) is 6.74. The Morgan fingerprint density at radius 2 is 1.75 bits per heavy atom. The number of hydrogen-bond donors (Lipinski definition) is 1. The lowest BCUT2D eigenvalue weighted by Gasteiger charge is -2.48. The highest BCUT2D eigenvalue weighted by molar-refractivity contribution is 5.18. The highest BCUT2D eigenvalue weighted by Crippen LogP contribution is 2.71. The summed E-state index contributed by atoms with van der Waals surface area (Å²) in [5.74, 6) is 0.727. The van der Waals surface area contributed by atoms with Crippen LogP contribution < -0.4 is 0 Å². The third-order valence-electron chi connectivity index (χ3n) is 5.87. The van der Waals surface area contributed by atoms with Gasteiger partial charge in [0.15, 0.2) is 0 Å². The van der Waals surface area contributed by atoms with Gasteiger partial charge >= 0.3 is 0 Å². The van der Waals surface area contributed by atoms with Gasteiger partial charge in [0.25, 0.3) is 0 Å². The van der Waals surface area contributed by atoms with Gasteiger partial charge in [-0.3, -0.25) is 0 Å². The fourth-order valence-electron chi connectivity index (χ4n) is 4.56. The smallest absolute Gasteiger partial charge is 0.0714 e. The summed E-state index contributed by atoms with van der Waals surface area (Å²) >= 11 is 0. The molecule has 1 N–H and O–H groups in total. The highest BCUT2D eigenvalue weighted by atomic mass is 16.3. The van der Waals surface area contributed by atoms with Gasteiger partial charge in [-0.1, -0.05) is 41.5 Å². The van der Waals surface area contributed by atoms with Crippen molar-refractivity contribution in [2.45, 2.75) is 72.8 Å². The zero-order chi connectivity index (χ0) is 12.4. The molecule has 0 saturated heterocycles. The number of aliphatic hydroxyl groups is 1. The largest absolute Gasteiger partial charge is 0.389 e. The Labute approximate surface area is 101 Å². The van der Waals surface area contributed by atoms with Crippen molar-refractivity contribution in [1.29, 1.82) is 0 Å². The lowest BCUT2D eigenvalue weighted by Crippen LogP contribution is -2.49. The van der Waals surface area contributed by atoms with E-state index in [1.807, 2.05) is 0 Å². The summed E-state index contributed by atoms with van der Waals surface area (Å²) in [4.78, 5) is 0. The van der Waals surface area contributed by atoms with Crippen molar-refractivity contribution >= 4 is 0 Å². The van der Waals surface area contributed by atoms with Crippen molar-refractivity contribution in [1.82, 2.24) is 0 Å². The molecule has 0 aromatic heterocycles. The summed E-state index contributed by atoms with van der Waals surface area (Å²) in [7, 11) is 0. The Morgan fingerprint density at radius 3 is 2.06 bits per heavy atom. The van der Waals surface area contributed by atoms with Crippen LogP contribution in [-0.4, -0.2) is 10.7 Å². The summed E-state index contributed by atoms with van der Waals surface area (Å²) < 4.78 is 0. The van der Waals surface area contributed by atoms with Gasteiger partial charge in [-0.15, -0.1) is 0 Å². The fourth-order valence-corrected chi connectivity index (χ4v) is 4.56. The van der Waals surface area contributed by atoms with Crippen molar-refractivity contribution in [3.05, 3.63) is 0 Å². The highest BCUT2D eigenvalue weighted by Gasteiger charge is 2.68. The van der Waals surface area contributed by atoms with E-state index in [9.17, 15) is 5.11 Å². The summed E-state index contributed by atoms with van der Waals surface area (Å²) in [5.41, 5.74) is 0.223. The van der Waals surface area contributed by atoms with E-state index in [1.165, 1.54) is 12.8 Å². The third kappa shape index (κ3) is 1.40. The standard InChI is InChI=1S/C15H28O/c1-12(2,3)10-15(16)9-11-7-8-14(15,6)13(11,4)5/h11,16H,7-10H2,1-6H3. The van der Waals surface area contributed by atoms with Gasteiger partial charge in [0, 0.05) is 5.41 Å². The minimum Gasteiger partial charge on any atom is -0.389 e. The lowest BCUT2D eigenvalue weighted by atomic mass is 9.61. The second-order valence-corrected chi connectivity index (χ2v) is 8.26. The molecule has 1 nitrogen and oxygen atoms in total. The number of hydrogen-bond acceptors (Lipinski definition) is 1. The molecular weight excluding hydrogens is 196 g/mol. The molecule has 0 heterocycles. The molecule has 0 amide bonds. The molecule has 2 aliphatic carbocycles. The van der Waals surface area contributed by atoms with Gasteiger partial charge in [-0.25, -0.2) is 0 Å². The average molecular weight is 224 g/mol. The molecule has 94 valence electrons. The molecule has 0 aliphatic heterocycles. The monoisotopic (exact) mass is 224 g/mol. The Bertz CT molecular complexity index is 299. The van der Waals surface area contributed by atoms with E-state index in [-0.39, 0.29) is 10.8 Å². The molecular formula is C15H28O. The quantitative estimate of drug-likeness (QED) is 0.714. The molecule has 2 rings (SSSR count). The maximum atomic E-state index is 11.1. The van der Waals surface area contributed by atoms with Crippen LogP contribution in [0.1, 0.15) is 67.2 Å². The normalized spacial score (nSPS) is 46.3. The zero-order valence-corrected chi connectivity index (χ0v) is 11.9. The van der Waals surface area contributed by atoms with Gasteiger partial charge in [-0.05, 0) is 42.4 Å². The minimum atomic E-state index is -0.433. The first-order chi connectivity index (χ1) is 7.02. The first kappa shape index (κ1) is 12.4. The first-order valence-electron chi connectivity index (χ1n) is 6.74. The molecule has 2 bridgehead atoms. The Kier molecular flexibility index (Phi) is 2.36. The van der Waals surface area contributed by atoms with E-state index < -0.39 is 5.60 Å². The van der Waals surface area contributed by atoms with Crippen LogP contribution in [0, 0.1) is 22.2 Å². The van der Waals surface area contributed by atoms with E-state index in [0.717, 1.165) is 18.8 Å². The van der Waals surface area contributed by atoms with Crippen LogP contribution in [0.4, 0.5) is 0 Å². The van der Waals surface area contributed by atoms with Gasteiger partial charge in [0.2, 0.25) is 0 Å². The molecule has 0 aromatic carbocycles. The molecule has 0 spiro atoms. The predicted octanol–water partition coefficient (Wildman–Crippen LogP) is 4.00. The topological polar surface area (TPSA) is 20.2 Å². The second-order valence-electron chi connectivity index (χ2n) is 8.26. The molecule has 3 atom stereocenters. The molecule has 2 aliphatic rings. The molecule has 1 heteroatoms. The Morgan fingerprint density at radius 1 is 1.19 bits per heavy atom. The molecule has 16 heavy (non-hydrogen) atoms. The Balaban J connectivity index is 2.33. The van der Waals surface area contributed by atoms with Crippen LogP contribution in [-0.2, 0) is 0 Å². The minimum absolute atomic E-state index is 0.123. The van der Waals surface area contributed by atoms with Crippen molar-refractivity contribution in [3.8, 4) is 0 Å². The van der Waals surface area contributed by atoms with E-state index in [1.54, 1.807) is 0 Å². The van der Waals surface area contributed by atoms with Gasteiger partial charge in [0.05, 0.1) is 5.60 Å². The summed E-state index contributed by atoms with van der Waals surface area (Å²) in [5, 5.41) is 11.1. The molecule has 0 aromatic rings. The summed E-state index contributed by atoms with van der Waals surface area (Å²) in [6.07, 6.45) is 4.48. The van der Waals surface area contributed by atoms with E-state index in [2.05, 4.69) is 41.5 Å². The number of rotatable bonds is 1. The van der Waals surface area contributed by atoms with Crippen molar-refractivity contribution in [2.24, 2.45) is 22.2 Å². The summed E-state index contributed by atoms with van der Waals surface area (Å²) in [6, 6.07) is 0. The molecule has 0 radical (unpaired) electrons. The van der Waals surface area contributed by atoms with E-state index >= 15 is 0 Å². The van der Waals surface area contributed by atoms with E-state index in [4.69, 9.17) is 0 Å². The molecule has 2 fully saturated rings. The fraction of sp³-hybridized carbons (Fsp3) is 1.00. The van der Waals surface area contributed by atoms with Crippen molar-refractivity contribution < 1.29 is 5.11 Å². The van der Waals surface area contributed by atoms with Crippen molar-refractivity contribution in [3.63, 3.8) is 0 Å². The van der Waals surface area contributed by atoms with Crippen LogP contribution >= 0.6 is 0 Å². The zero-order valence-electron chi connectivity index (χ0n) is 11.9. The average Bonchev–Trinajstić information content (AvgIpc) is 2.32. The van der Waals surface area contributed by atoms with Crippen LogP contribution in [0.25, 0.3) is 0 Å². The number of fused-ring (bicyclic) bond motifs is 2. The maximum absolute atomic E-state index is 11.1. The summed E-state index contributed by atoms with van der Waals surface area (Å²) in [6.45, 7) is 13.8. The predicted molar refractivity (Wildman–Crippen MR) is 68.3 cm³/mol. The maximum Gasteiger partial charge on any atom is 0.0714 e. The van der Waals surface area contributed by atoms with Gasteiger partial charge in [0.1, 0.15) is 0 Å².